The zero-order valence-corrected chi connectivity index (χ0v) is 21.5. The molecule has 180 valence electrons. The Morgan fingerprint density at radius 3 is 2.88 bits per heavy atom. The van der Waals surface area contributed by atoms with Gasteiger partial charge in [-0.1, -0.05) is 48.8 Å². The van der Waals surface area contributed by atoms with Crippen LogP contribution in [-0.4, -0.2) is 51.8 Å². The van der Waals surface area contributed by atoms with Crippen molar-refractivity contribution in [2.75, 3.05) is 25.4 Å². The van der Waals surface area contributed by atoms with E-state index in [-0.39, 0.29) is 17.2 Å². The quantitative estimate of drug-likeness (QED) is 0.309. The standard InChI is InChI=1S/C25H35ClN4O2S/c1-4-22-21(16-19-10-7-11-20(26)15-19)24(32)29(3)25(28-22)33-17-23(31)27-12-8-14-30-13-6-5-9-18(30)2/h7,10-11,15,18H,4-6,8-9,12-14,16-17H2,1-3H3,(H,27,31). The number of carbonyl (C=O) groups excluding carboxylic acids is 1. The molecule has 1 fully saturated rings. The van der Waals surface area contributed by atoms with Gasteiger partial charge in [0.2, 0.25) is 5.91 Å². The van der Waals surface area contributed by atoms with Gasteiger partial charge in [0.1, 0.15) is 0 Å². The lowest BCUT2D eigenvalue weighted by Gasteiger charge is -2.33. The number of aryl methyl sites for hydroxylation is 1. The van der Waals surface area contributed by atoms with Gasteiger partial charge in [0, 0.05) is 43.2 Å². The Balaban J connectivity index is 1.54. The second-order valence-corrected chi connectivity index (χ2v) is 10.1. The predicted octanol–water partition coefficient (Wildman–Crippen LogP) is 4.06. The zero-order valence-electron chi connectivity index (χ0n) is 19.9. The Kier molecular flexibility index (Phi) is 9.83. The number of benzene rings is 1. The molecule has 1 aliphatic rings. The van der Waals surface area contributed by atoms with Crippen molar-refractivity contribution in [1.29, 1.82) is 0 Å². The number of aromatic nitrogens is 2. The number of thioether (sulfide) groups is 1. The van der Waals surface area contributed by atoms with Gasteiger partial charge in [0.15, 0.2) is 5.16 Å². The highest BCUT2D eigenvalue weighted by atomic mass is 35.5. The van der Waals surface area contributed by atoms with Gasteiger partial charge in [-0.2, -0.15) is 0 Å². The van der Waals surface area contributed by atoms with Crippen molar-refractivity contribution in [2.24, 2.45) is 7.05 Å². The number of rotatable bonds is 10. The smallest absolute Gasteiger partial charge is 0.257 e. The Labute approximate surface area is 206 Å². The van der Waals surface area contributed by atoms with Gasteiger partial charge < -0.3 is 10.2 Å². The van der Waals surface area contributed by atoms with Crippen molar-refractivity contribution in [2.45, 2.75) is 63.6 Å². The first kappa shape index (κ1) is 25.8. The molecule has 33 heavy (non-hydrogen) atoms. The lowest BCUT2D eigenvalue weighted by atomic mass is 10.0. The minimum absolute atomic E-state index is 0.0259. The molecule has 0 saturated carbocycles. The maximum atomic E-state index is 13.1. The summed E-state index contributed by atoms with van der Waals surface area (Å²) < 4.78 is 1.55. The third-order valence-electron chi connectivity index (χ3n) is 6.25. The Morgan fingerprint density at radius 2 is 2.15 bits per heavy atom. The van der Waals surface area contributed by atoms with Crippen molar-refractivity contribution >= 4 is 29.3 Å². The van der Waals surface area contributed by atoms with Crippen molar-refractivity contribution in [3.63, 3.8) is 0 Å². The summed E-state index contributed by atoms with van der Waals surface area (Å²) in [5, 5.41) is 4.23. The number of piperidine rings is 1. The van der Waals surface area contributed by atoms with E-state index >= 15 is 0 Å². The molecule has 1 saturated heterocycles. The minimum atomic E-state index is -0.0691. The van der Waals surface area contributed by atoms with E-state index in [1.165, 1.54) is 31.0 Å². The minimum Gasteiger partial charge on any atom is -0.355 e. The predicted molar refractivity (Wildman–Crippen MR) is 136 cm³/mol. The molecular weight excluding hydrogens is 456 g/mol. The van der Waals surface area contributed by atoms with E-state index in [2.05, 4.69) is 17.1 Å². The van der Waals surface area contributed by atoms with E-state index in [0.29, 0.717) is 41.2 Å². The van der Waals surface area contributed by atoms with Gasteiger partial charge in [0.05, 0.1) is 11.4 Å². The van der Waals surface area contributed by atoms with Gasteiger partial charge in [-0.15, -0.1) is 0 Å². The van der Waals surface area contributed by atoms with Crippen LogP contribution in [0.2, 0.25) is 5.02 Å². The molecule has 3 rings (SSSR count). The van der Waals surface area contributed by atoms with E-state index in [4.69, 9.17) is 16.6 Å². The maximum Gasteiger partial charge on any atom is 0.257 e. The molecular formula is C25H35ClN4O2S. The van der Waals surface area contributed by atoms with Gasteiger partial charge in [0.25, 0.3) is 5.56 Å². The first-order chi connectivity index (χ1) is 15.9. The number of halogens is 1. The summed E-state index contributed by atoms with van der Waals surface area (Å²) >= 11 is 7.41. The molecule has 1 unspecified atom stereocenters. The Morgan fingerprint density at radius 1 is 1.33 bits per heavy atom. The van der Waals surface area contributed by atoms with Gasteiger partial charge >= 0.3 is 0 Å². The average molecular weight is 491 g/mol. The van der Waals surface area contributed by atoms with Gasteiger partial charge in [-0.25, -0.2) is 4.98 Å². The van der Waals surface area contributed by atoms with E-state index in [1.807, 2.05) is 31.2 Å². The molecule has 0 bridgehead atoms. The molecule has 0 aliphatic carbocycles. The van der Waals surface area contributed by atoms with Crippen LogP contribution in [-0.2, 0) is 24.7 Å². The molecule has 1 N–H and O–H groups in total. The number of nitrogens with one attached hydrogen (secondary N) is 1. The second kappa shape index (κ2) is 12.6. The van der Waals surface area contributed by atoms with Crippen LogP contribution in [0.4, 0.5) is 0 Å². The van der Waals surface area contributed by atoms with E-state index in [0.717, 1.165) is 30.8 Å². The monoisotopic (exact) mass is 490 g/mol. The first-order valence-electron chi connectivity index (χ1n) is 11.9. The topological polar surface area (TPSA) is 67.2 Å². The molecule has 0 radical (unpaired) electrons. The number of carbonyl (C=O) groups is 1. The fourth-order valence-electron chi connectivity index (χ4n) is 4.30. The lowest BCUT2D eigenvalue weighted by Crippen LogP contribution is -2.39. The van der Waals surface area contributed by atoms with Crippen molar-refractivity contribution < 1.29 is 4.79 Å². The molecule has 1 atom stereocenters. The highest BCUT2D eigenvalue weighted by Gasteiger charge is 2.18. The lowest BCUT2D eigenvalue weighted by molar-refractivity contribution is -0.118. The van der Waals surface area contributed by atoms with Crippen molar-refractivity contribution in [1.82, 2.24) is 19.8 Å². The van der Waals surface area contributed by atoms with E-state index < -0.39 is 0 Å². The number of hydrogen-bond donors (Lipinski definition) is 1. The van der Waals surface area contributed by atoms with Gasteiger partial charge in [-0.05, 0) is 56.8 Å². The summed E-state index contributed by atoms with van der Waals surface area (Å²) in [5.41, 5.74) is 2.37. The Bertz CT molecular complexity index is 1010. The largest absolute Gasteiger partial charge is 0.355 e. The SMILES string of the molecule is CCc1nc(SCC(=O)NCCCN2CCCCC2C)n(C)c(=O)c1Cc1cccc(Cl)c1. The molecule has 1 aliphatic heterocycles. The molecule has 1 aromatic carbocycles. The van der Waals surface area contributed by atoms with Crippen LogP contribution in [0, 0.1) is 0 Å². The molecule has 2 heterocycles. The van der Waals surface area contributed by atoms with Crippen LogP contribution < -0.4 is 10.9 Å². The normalized spacial score (nSPS) is 16.7. The fourth-order valence-corrected chi connectivity index (χ4v) is 5.33. The summed E-state index contributed by atoms with van der Waals surface area (Å²) in [4.78, 5) is 32.6. The summed E-state index contributed by atoms with van der Waals surface area (Å²) in [6, 6.07) is 8.19. The van der Waals surface area contributed by atoms with Crippen molar-refractivity contribution in [3.8, 4) is 0 Å². The molecule has 1 aromatic heterocycles. The Hall–Kier alpha value is -1.83. The average Bonchev–Trinajstić information content (AvgIpc) is 2.80. The molecule has 0 spiro atoms. The third kappa shape index (κ3) is 7.33. The molecule has 8 heteroatoms. The summed E-state index contributed by atoms with van der Waals surface area (Å²) in [6.07, 6.45) is 5.97. The molecule has 2 aromatic rings. The second-order valence-electron chi connectivity index (χ2n) is 8.72. The van der Waals surface area contributed by atoms with E-state index in [9.17, 15) is 9.59 Å². The number of nitrogens with zero attached hydrogens (tertiary/aromatic N) is 3. The summed E-state index contributed by atoms with van der Waals surface area (Å²) in [6.45, 7) is 7.15. The van der Waals surface area contributed by atoms with Crippen LogP contribution >= 0.6 is 23.4 Å². The van der Waals surface area contributed by atoms with Crippen LogP contribution in [0.25, 0.3) is 0 Å². The highest BCUT2D eigenvalue weighted by Crippen LogP contribution is 2.19. The third-order valence-corrected chi connectivity index (χ3v) is 7.52. The number of hydrogen-bond acceptors (Lipinski definition) is 5. The highest BCUT2D eigenvalue weighted by molar-refractivity contribution is 7.99. The summed E-state index contributed by atoms with van der Waals surface area (Å²) in [7, 11) is 1.72. The molecule has 1 amide bonds. The van der Waals surface area contributed by atoms with E-state index in [1.54, 1.807) is 11.6 Å². The number of amides is 1. The maximum absolute atomic E-state index is 13.1. The zero-order chi connectivity index (χ0) is 23.8. The first-order valence-corrected chi connectivity index (χ1v) is 13.2. The fraction of sp³-hybridized carbons (Fsp3) is 0.560. The number of likely N-dealkylation sites (tertiary alicyclic amines) is 1. The summed E-state index contributed by atoms with van der Waals surface area (Å²) in [5.74, 6) is 0.221. The van der Waals surface area contributed by atoms with Crippen LogP contribution in [0.1, 0.15) is 56.4 Å². The van der Waals surface area contributed by atoms with Crippen LogP contribution in [0.3, 0.4) is 0 Å². The van der Waals surface area contributed by atoms with Crippen molar-refractivity contribution in [3.05, 3.63) is 56.5 Å². The van der Waals surface area contributed by atoms with Crippen LogP contribution in [0.15, 0.2) is 34.2 Å². The van der Waals surface area contributed by atoms with Crippen LogP contribution in [0.5, 0.6) is 0 Å². The van der Waals surface area contributed by atoms with Gasteiger partial charge in [-0.3, -0.25) is 14.2 Å². The molecule has 6 nitrogen and oxygen atoms in total.